The molecule has 1 aromatic heterocycles. The summed E-state index contributed by atoms with van der Waals surface area (Å²) in [6.45, 7) is 0. The molecule has 0 aliphatic heterocycles. The Morgan fingerprint density at radius 2 is 2.08 bits per heavy atom. The van der Waals surface area contributed by atoms with Gasteiger partial charge in [0.05, 0.1) is 10.8 Å². The van der Waals surface area contributed by atoms with Crippen molar-refractivity contribution in [2.45, 2.75) is 0 Å². The van der Waals surface area contributed by atoms with Crippen molar-refractivity contribution in [2.24, 2.45) is 0 Å². The molecule has 2 aromatic rings. The number of hydrogen-bond donors (Lipinski definition) is 0. The lowest BCUT2D eigenvalue weighted by atomic mass is 10.2. The maximum atomic E-state index is 12.7. The highest BCUT2D eigenvalue weighted by atomic mass is 32.1. The molecule has 3 heteroatoms. The van der Waals surface area contributed by atoms with Crippen LogP contribution in [0.1, 0.15) is 0 Å². The van der Waals surface area contributed by atoms with Crippen molar-refractivity contribution in [3.63, 3.8) is 0 Å². The molecule has 12 heavy (non-hydrogen) atoms. The largest absolute Gasteiger partial charge is 0.464 e. The van der Waals surface area contributed by atoms with Gasteiger partial charge in [-0.2, -0.15) is 0 Å². The smallest absolute Gasteiger partial charge is 0.135 e. The van der Waals surface area contributed by atoms with E-state index in [0.29, 0.717) is 15.5 Å². The van der Waals surface area contributed by atoms with Crippen LogP contribution < -0.4 is 0 Å². The Kier molecular flexibility index (Phi) is 1.66. The van der Waals surface area contributed by atoms with Gasteiger partial charge in [0.25, 0.3) is 0 Å². The molecular weight excluding hydrogens is 175 g/mol. The van der Waals surface area contributed by atoms with Gasteiger partial charge in [0.15, 0.2) is 0 Å². The molecule has 2 rings (SSSR count). The molecule has 0 unspecified atom stereocenters. The molecule has 1 heterocycles. The second-order valence-corrected chi connectivity index (χ2v) is 2.87. The van der Waals surface area contributed by atoms with E-state index in [9.17, 15) is 4.39 Å². The Bertz CT molecular complexity index is 475. The summed E-state index contributed by atoms with van der Waals surface area (Å²) in [6, 6.07) is 5.93. The molecule has 0 aliphatic carbocycles. The zero-order valence-corrected chi connectivity index (χ0v) is 6.90. The van der Waals surface area contributed by atoms with Gasteiger partial charge in [-0.25, -0.2) is 4.39 Å². The Hall–Kier alpha value is -1.22. The zero-order valence-electron chi connectivity index (χ0n) is 6.08. The molecule has 1 nitrogen and oxygen atoms in total. The highest BCUT2D eigenvalue weighted by Gasteiger charge is 1.97. The summed E-state index contributed by atoms with van der Waals surface area (Å²) in [4.78, 5) is 0. The molecule has 0 radical (unpaired) electrons. The molecular formula is C9H5FOS. The Labute approximate surface area is 73.4 Å². The van der Waals surface area contributed by atoms with Crippen LogP contribution in [0.15, 0.2) is 34.9 Å². The highest BCUT2D eigenvalue weighted by molar-refractivity contribution is 7.71. The number of halogens is 1. The minimum Gasteiger partial charge on any atom is -0.464 e. The first-order valence-corrected chi connectivity index (χ1v) is 3.85. The molecule has 0 atom stereocenters. The van der Waals surface area contributed by atoms with Crippen LogP contribution >= 0.6 is 12.2 Å². The van der Waals surface area contributed by atoms with Gasteiger partial charge >= 0.3 is 0 Å². The van der Waals surface area contributed by atoms with Gasteiger partial charge < -0.3 is 4.42 Å². The van der Waals surface area contributed by atoms with Crippen molar-refractivity contribution in [3.8, 4) is 0 Å². The predicted octanol–water partition coefficient (Wildman–Crippen LogP) is 3.30. The van der Waals surface area contributed by atoms with Crippen molar-refractivity contribution in [2.75, 3.05) is 0 Å². The minimum atomic E-state index is -0.296. The Morgan fingerprint density at radius 1 is 1.25 bits per heavy atom. The van der Waals surface area contributed by atoms with Crippen LogP contribution in [0, 0.1) is 10.3 Å². The number of rotatable bonds is 0. The molecule has 0 aliphatic rings. The summed E-state index contributed by atoms with van der Waals surface area (Å²) in [6.07, 6.45) is 1.50. The standard InChI is InChI=1S/C9H5FOS/c10-6-1-2-8-7(5-6)9(12)3-4-11-8/h1-5H. The molecule has 1 aromatic carbocycles. The van der Waals surface area contributed by atoms with Crippen molar-refractivity contribution < 1.29 is 8.81 Å². The van der Waals surface area contributed by atoms with Crippen LogP contribution in [0.4, 0.5) is 4.39 Å². The zero-order chi connectivity index (χ0) is 8.55. The fraction of sp³-hybridized carbons (Fsp3) is 0. The summed E-state index contributed by atoms with van der Waals surface area (Å²) >= 11 is 4.99. The van der Waals surface area contributed by atoms with E-state index >= 15 is 0 Å². The summed E-state index contributed by atoms with van der Waals surface area (Å²) in [5, 5.41) is 0.646. The number of benzene rings is 1. The van der Waals surface area contributed by atoms with Crippen molar-refractivity contribution >= 4 is 23.2 Å². The van der Waals surface area contributed by atoms with E-state index in [1.54, 1.807) is 12.1 Å². The fourth-order valence-corrected chi connectivity index (χ4v) is 1.27. The first-order valence-electron chi connectivity index (χ1n) is 3.44. The Morgan fingerprint density at radius 3 is 2.92 bits per heavy atom. The molecule has 0 saturated carbocycles. The average molecular weight is 180 g/mol. The van der Waals surface area contributed by atoms with Crippen LogP contribution in [-0.2, 0) is 0 Å². The SMILES string of the molecule is Fc1ccc2occc(=S)c2c1. The van der Waals surface area contributed by atoms with E-state index in [1.807, 2.05) is 0 Å². The van der Waals surface area contributed by atoms with E-state index in [-0.39, 0.29) is 5.82 Å². The lowest BCUT2D eigenvalue weighted by molar-refractivity contribution is 0.597. The van der Waals surface area contributed by atoms with Gasteiger partial charge in [-0.3, -0.25) is 0 Å². The molecule has 0 spiro atoms. The molecule has 0 saturated heterocycles. The first-order chi connectivity index (χ1) is 5.77. The van der Waals surface area contributed by atoms with Crippen LogP contribution in [0.25, 0.3) is 11.0 Å². The molecule has 60 valence electrons. The van der Waals surface area contributed by atoms with Gasteiger partial charge in [0.1, 0.15) is 11.4 Å². The van der Waals surface area contributed by atoms with E-state index in [2.05, 4.69) is 0 Å². The van der Waals surface area contributed by atoms with Gasteiger partial charge in [0.2, 0.25) is 0 Å². The topological polar surface area (TPSA) is 13.1 Å². The van der Waals surface area contributed by atoms with Crippen molar-refractivity contribution in [1.82, 2.24) is 0 Å². The van der Waals surface area contributed by atoms with Gasteiger partial charge in [0, 0.05) is 5.39 Å². The monoisotopic (exact) mass is 180 g/mol. The van der Waals surface area contributed by atoms with Gasteiger partial charge in [-0.05, 0) is 24.3 Å². The molecule has 0 amide bonds. The molecule has 0 bridgehead atoms. The van der Waals surface area contributed by atoms with Gasteiger partial charge in [-0.1, -0.05) is 12.2 Å². The third-order valence-electron chi connectivity index (χ3n) is 1.62. The molecule has 0 fully saturated rings. The summed E-state index contributed by atoms with van der Waals surface area (Å²) < 4.78 is 18.4. The van der Waals surface area contributed by atoms with Crippen LogP contribution in [0.5, 0.6) is 0 Å². The number of hydrogen-bond acceptors (Lipinski definition) is 2. The van der Waals surface area contributed by atoms with Crippen LogP contribution in [-0.4, -0.2) is 0 Å². The highest BCUT2D eigenvalue weighted by Crippen LogP contribution is 2.16. The summed E-state index contributed by atoms with van der Waals surface area (Å²) in [7, 11) is 0. The van der Waals surface area contributed by atoms with Crippen molar-refractivity contribution in [3.05, 3.63) is 40.9 Å². The number of fused-ring (bicyclic) bond motifs is 1. The average Bonchev–Trinajstić information content (AvgIpc) is 2.07. The Balaban J connectivity index is 2.98. The summed E-state index contributed by atoms with van der Waals surface area (Å²) in [5.41, 5.74) is 0.615. The maximum Gasteiger partial charge on any atom is 0.135 e. The fourth-order valence-electron chi connectivity index (χ4n) is 1.06. The molecule has 0 N–H and O–H groups in total. The first kappa shape index (κ1) is 7.43. The van der Waals surface area contributed by atoms with E-state index in [1.165, 1.54) is 18.4 Å². The third-order valence-corrected chi connectivity index (χ3v) is 1.98. The quantitative estimate of drug-likeness (QED) is 0.577. The third kappa shape index (κ3) is 1.12. The lowest BCUT2D eigenvalue weighted by Crippen LogP contribution is -1.76. The lowest BCUT2D eigenvalue weighted by Gasteiger charge is -1.95. The normalized spacial score (nSPS) is 10.4. The summed E-state index contributed by atoms with van der Waals surface area (Å²) in [5.74, 6) is -0.296. The van der Waals surface area contributed by atoms with E-state index in [0.717, 1.165) is 0 Å². The van der Waals surface area contributed by atoms with Gasteiger partial charge in [-0.15, -0.1) is 0 Å². The minimum absolute atomic E-state index is 0.296. The van der Waals surface area contributed by atoms with E-state index in [4.69, 9.17) is 16.6 Å². The van der Waals surface area contributed by atoms with E-state index < -0.39 is 0 Å². The van der Waals surface area contributed by atoms with Crippen LogP contribution in [0.3, 0.4) is 0 Å². The second kappa shape index (κ2) is 2.68. The van der Waals surface area contributed by atoms with Crippen LogP contribution in [0.2, 0.25) is 0 Å². The predicted molar refractivity (Wildman–Crippen MR) is 47.0 cm³/mol. The second-order valence-electron chi connectivity index (χ2n) is 2.43. The maximum absolute atomic E-state index is 12.7. The van der Waals surface area contributed by atoms with Crippen molar-refractivity contribution in [1.29, 1.82) is 0 Å².